The van der Waals surface area contributed by atoms with Crippen LogP contribution in [0.5, 0.6) is 17.2 Å². The number of hydrogen-bond acceptors (Lipinski definition) is 6. The number of methoxy groups -OCH3 is 3. The average molecular weight is 465 g/mol. The first kappa shape index (κ1) is 18.2. The summed E-state index contributed by atoms with van der Waals surface area (Å²) in [4.78, 5) is 16.6. The fraction of sp³-hybridized carbons (Fsp3) is 0.158. The molecule has 0 saturated carbocycles. The van der Waals surface area contributed by atoms with Crippen LogP contribution in [0.3, 0.4) is 0 Å². The Balaban J connectivity index is 2.05. The number of aliphatic imine (C=N–C) groups is 1. The molecule has 0 fully saturated rings. The molecule has 1 heterocycles. The Hall–Kier alpha value is -2.55. The summed E-state index contributed by atoms with van der Waals surface area (Å²) in [5, 5.41) is 0. The largest absolute Gasteiger partial charge is 0.493 e. The lowest BCUT2D eigenvalue weighted by atomic mass is 10.1. The number of hydrogen-bond donors (Lipinski definition) is 0. The van der Waals surface area contributed by atoms with Gasteiger partial charge in [0, 0.05) is 9.13 Å². The first-order valence-electron chi connectivity index (χ1n) is 7.65. The smallest absolute Gasteiger partial charge is 0.363 e. The van der Waals surface area contributed by atoms with Gasteiger partial charge in [0.25, 0.3) is 0 Å². The third kappa shape index (κ3) is 3.39. The van der Waals surface area contributed by atoms with Crippen molar-refractivity contribution in [3.63, 3.8) is 0 Å². The zero-order valence-electron chi connectivity index (χ0n) is 14.4. The van der Waals surface area contributed by atoms with E-state index in [0.29, 0.717) is 22.8 Å². The minimum atomic E-state index is -0.517. The predicted molar refractivity (Wildman–Crippen MR) is 106 cm³/mol. The van der Waals surface area contributed by atoms with Crippen LogP contribution < -0.4 is 14.2 Å². The second kappa shape index (κ2) is 7.77. The van der Waals surface area contributed by atoms with Gasteiger partial charge in [-0.2, -0.15) is 0 Å². The van der Waals surface area contributed by atoms with Gasteiger partial charge in [0.2, 0.25) is 11.6 Å². The number of benzene rings is 2. The van der Waals surface area contributed by atoms with Crippen molar-refractivity contribution in [2.45, 2.75) is 0 Å². The van der Waals surface area contributed by atoms with Crippen LogP contribution in [0.1, 0.15) is 11.1 Å². The van der Waals surface area contributed by atoms with Crippen LogP contribution in [0.2, 0.25) is 0 Å². The summed E-state index contributed by atoms with van der Waals surface area (Å²) in [5.74, 6) is 1.19. The van der Waals surface area contributed by atoms with E-state index in [9.17, 15) is 4.79 Å². The maximum absolute atomic E-state index is 12.2. The topological polar surface area (TPSA) is 66.4 Å². The van der Waals surface area contributed by atoms with Gasteiger partial charge >= 0.3 is 5.97 Å². The molecule has 134 valence electrons. The monoisotopic (exact) mass is 465 g/mol. The molecule has 0 spiro atoms. The van der Waals surface area contributed by atoms with Crippen molar-refractivity contribution < 1.29 is 23.7 Å². The van der Waals surface area contributed by atoms with E-state index in [0.717, 1.165) is 9.13 Å². The van der Waals surface area contributed by atoms with Crippen molar-refractivity contribution >= 4 is 40.5 Å². The number of carbonyl (C=O) groups is 1. The van der Waals surface area contributed by atoms with Crippen LogP contribution >= 0.6 is 22.6 Å². The highest BCUT2D eigenvalue weighted by atomic mass is 127. The standard InChI is InChI=1S/C19H16INO5/c1-23-15-9-8-11(16(24-2)17(15)25-3)10-14-19(22)26-18(21-14)12-6-4-5-7-13(12)20/h4-10H,1-3H3/b14-10-. The summed E-state index contributed by atoms with van der Waals surface area (Å²) in [5.41, 5.74) is 1.58. The van der Waals surface area contributed by atoms with Gasteiger partial charge in [-0.15, -0.1) is 0 Å². The van der Waals surface area contributed by atoms with E-state index in [1.165, 1.54) is 14.2 Å². The van der Waals surface area contributed by atoms with E-state index >= 15 is 0 Å². The minimum absolute atomic E-state index is 0.185. The Morgan fingerprint density at radius 2 is 1.73 bits per heavy atom. The molecular weight excluding hydrogens is 449 g/mol. The average Bonchev–Trinajstić information content (AvgIpc) is 3.01. The van der Waals surface area contributed by atoms with Gasteiger partial charge in [-0.05, 0) is 52.9 Å². The molecule has 1 aliphatic heterocycles. The molecule has 2 aromatic rings. The third-order valence-corrected chi connectivity index (χ3v) is 4.69. The van der Waals surface area contributed by atoms with Gasteiger partial charge in [0.05, 0.1) is 26.9 Å². The minimum Gasteiger partial charge on any atom is -0.493 e. The van der Waals surface area contributed by atoms with Crippen molar-refractivity contribution in [2.75, 3.05) is 21.3 Å². The Morgan fingerprint density at radius 3 is 2.38 bits per heavy atom. The lowest BCUT2D eigenvalue weighted by molar-refractivity contribution is -0.129. The molecule has 7 heteroatoms. The number of cyclic esters (lactones) is 1. The molecule has 0 aromatic heterocycles. The Kier molecular flexibility index (Phi) is 5.46. The van der Waals surface area contributed by atoms with Crippen molar-refractivity contribution in [1.29, 1.82) is 0 Å². The highest BCUT2D eigenvalue weighted by Crippen LogP contribution is 2.41. The zero-order chi connectivity index (χ0) is 18.7. The molecule has 0 saturated heterocycles. The summed E-state index contributed by atoms with van der Waals surface area (Å²) in [6.07, 6.45) is 1.60. The van der Waals surface area contributed by atoms with E-state index in [1.54, 1.807) is 25.3 Å². The van der Waals surface area contributed by atoms with Crippen molar-refractivity contribution in [3.05, 3.63) is 56.8 Å². The Morgan fingerprint density at radius 1 is 1.00 bits per heavy atom. The first-order valence-corrected chi connectivity index (χ1v) is 8.73. The SMILES string of the molecule is COc1ccc(/C=C2\N=C(c3ccccc3I)OC2=O)c(OC)c1OC. The molecule has 0 N–H and O–H groups in total. The lowest BCUT2D eigenvalue weighted by Crippen LogP contribution is -2.06. The molecule has 3 rings (SSSR count). The van der Waals surface area contributed by atoms with E-state index < -0.39 is 5.97 Å². The quantitative estimate of drug-likeness (QED) is 0.383. The van der Waals surface area contributed by atoms with Crippen molar-refractivity contribution in [3.8, 4) is 17.2 Å². The lowest BCUT2D eigenvalue weighted by Gasteiger charge is -2.14. The molecule has 26 heavy (non-hydrogen) atoms. The fourth-order valence-corrected chi connectivity index (χ4v) is 3.16. The van der Waals surface area contributed by atoms with E-state index in [1.807, 2.05) is 24.3 Å². The van der Waals surface area contributed by atoms with E-state index in [2.05, 4.69) is 27.6 Å². The summed E-state index contributed by atoms with van der Waals surface area (Å²) < 4.78 is 22.3. The van der Waals surface area contributed by atoms with E-state index in [-0.39, 0.29) is 11.6 Å². The van der Waals surface area contributed by atoms with Gasteiger partial charge in [-0.1, -0.05) is 12.1 Å². The van der Waals surface area contributed by atoms with Crippen LogP contribution in [0.15, 0.2) is 47.1 Å². The molecule has 0 aliphatic carbocycles. The molecule has 0 atom stereocenters. The fourth-order valence-electron chi connectivity index (χ4n) is 2.54. The van der Waals surface area contributed by atoms with Crippen LogP contribution in [0.25, 0.3) is 6.08 Å². The normalized spacial score (nSPS) is 14.8. The van der Waals surface area contributed by atoms with Gasteiger partial charge < -0.3 is 18.9 Å². The molecule has 0 amide bonds. The van der Waals surface area contributed by atoms with Crippen LogP contribution in [-0.4, -0.2) is 33.2 Å². The molecule has 0 bridgehead atoms. The van der Waals surface area contributed by atoms with Crippen LogP contribution in [0, 0.1) is 3.57 Å². The number of halogens is 1. The van der Waals surface area contributed by atoms with Crippen LogP contribution in [-0.2, 0) is 9.53 Å². The summed E-state index contributed by atoms with van der Waals surface area (Å²) in [6.45, 7) is 0. The third-order valence-electron chi connectivity index (χ3n) is 3.75. The maximum atomic E-state index is 12.2. The number of rotatable bonds is 5. The number of ether oxygens (including phenoxy) is 4. The number of carbonyl (C=O) groups excluding carboxylic acids is 1. The Labute approximate surface area is 164 Å². The highest BCUT2D eigenvalue weighted by Gasteiger charge is 2.26. The first-order chi connectivity index (χ1) is 12.6. The summed E-state index contributed by atoms with van der Waals surface area (Å²) >= 11 is 2.17. The Bertz CT molecular complexity index is 920. The van der Waals surface area contributed by atoms with Crippen molar-refractivity contribution in [1.82, 2.24) is 0 Å². The van der Waals surface area contributed by atoms with Crippen molar-refractivity contribution in [2.24, 2.45) is 4.99 Å². The van der Waals surface area contributed by atoms with E-state index in [4.69, 9.17) is 18.9 Å². The maximum Gasteiger partial charge on any atom is 0.363 e. The number of esters is 1. The van der Waals surface area contributed by atoms with Crippen LogP contribution in [0.4, 0.5) is 0 Å². The molecular formula is C19H16INO5. The van der Waals surface area contributed by atoms with Gasteiger partial charge in [0.15, 0.2) is 17.2 Å². The highest BCUT2D eigenvalue weighted by molar-refractivity contribution is 14.1. The second-order valence-electron chi connectivity index (χ2n) is 5.24. The molecule has 0 unspecified atom stereocenters. The second-order valence-corrected chi connectivity index (χ2v) is 6.40. The molecule has 2 aromatic carbocycles. The molecule has 1 aliphatic rings. The number of nitrogens with zero attached hydrogens (tertiary/aromatic N) is 1. The van der Waals surface area contributed by atoms with Gasteiger partial charge in [0.1, 0.15) is 0 Å². The van der Waals surface area contributed by atoms with Gasteiger partial charge in [-0.25, -0.2) is 9.79 Å². The summed E-state index contributed by atoms with van der Waals surface area (Å²) in [7, 11) is 4.59. The molecule has 0 radical (unpaired) electrons. The van der Waals surface area contributed by atoms with Gasteiger partial charge in [-0.3, -0.25) is 0 Å². The zero-order valence-corrected chi connectivity index (χ0v) is 16.6. The molecule has 6 nitrogen and oxygen atoms in total. The summed E-state index contributed by atoms with van der Waals surface area (Å²) in [6, 6.07) is 11.1. The predicted octanol–water partition coefficient (Wildman–Crippen LogP) is 3.66.